The predicted molar refractivity (Wildman–Crippen MR) is 120 cm³/mol. The van der Waals surface area contributed by atoms with Crippen molar-refractivity contribution in [2.75, 3.05) is 19.0 Å². The van der Waals surface area contributed by atoms with Gasteiger partial charge in [-0.15, -0.1) is 11.3 Å². The molecular formula is C20H17Cl2N3O5S. The maximum atomic E-state index is 12.8. The van der Waals surface area contributed by atoms with E-state index in [0.717, 1.165) is 10.4 Å². The number of nitrogens with zero attached hydrogens (tertiary/aromatic N) is 2. The second kappa shape index (κ2) is 9.95. The highest BCUT2D eigenvalue weighted by molar-refractivity contribution is 7.15. The number of ether oxygens (including phenoxy) is 2. The second-order valence-electron chi connectivity index (χ2n) is 6.21. The molecule has 1 heterocycles. The van der Waals surface area contributed by atoms with Crippen LogP contribution in [0.1, 0.15) is 27.7 Å². The number of amides is 1. The lowest BCUT2D eigenvalue weighted by molar-refractivity contribution is -0.385. The van der Waals surface area contributed by atoms with E-state index < -0.39 is 16.5 Å². The van der Waals surface area contributed by atoms with Crippen molar-refractivity contribution < 1.29 is 19.2 Å². The van der Waals surface area contributed by atoms with Crippen LogP contribution in [0.3, 0.4) is 0 Å². The molecule has 0 spiro atoms. The van der Waals surface area contributed by atoms with E-state index >= 15 is 0 Å². The number of nitro benzene ring substituents is 1. The maximum Gasteiger partial charge on any atom is 0.286 e. The molecule has 1 amide bonds. The number of nitrogens with one attached hydrogen (secondary N) is 1. The van der Waals surface area contributed by atoms with Gasteiger partial charge in [-0.3, -0.25) is 20.2 Å². The van der Waals surface area contributed by atoms with Crippen LogP contribution in [0.4, 0.5) is 10.8 Å². The van der Waals surface area contributed by atoms with Gasteiger partial charge in [-0.1, -0.05) is 23.2 Å². The number of hydrogen-bond donors (Lipinski definition) is 1. The van der Waals surface area contributed by atoms with Crippen molar-refractivity contribution in [1.82, 2.24) is 4.98 Å². The quantitative estimate of drug-likeness (QED) is 0.331. The zero-order chi connectivity index (χ0) is 22.5. The lowest BCUT2D eigenvalue weighted by atomic mass is 10.1. The molecule has 1 N–H and O–H groups in total. The summed E-state index contributed by atoms with van der Waals surface area (Å²) in [7, 11) is 1.39. The Hall–Kier alpha value is -2.88. The molecule has 31 heavy (non-hydrogen) atoms. The highest BCUT2D eigenvalue weighted by atomic mass is 35.5. The Morgan fingerprint density at radius 3 is 2.71 bits per heavy atom. The molecule has 0 aliphatic heterocycles. The summed E-state index contributed by atoms with van der Waals surface area (Å²) in [5.41, 5.74) is 0.256. The first-order valence-electron chi connectivity index (χ1n) is 9.01. The number of hydrogen-bond acceptors (Lipinski definition) is 7. The van der Waals surface area contributed by atoms with Crippen LogP contribution in [0.25, 0.3) is 0 Å². The minimum Gasteiger partial charge on any atom is -0.493 e. The smallest absolute Gasteiger partial charge is 0.286 e. The number of aromatic nitrogens is 1. The Morgan fingerprint density at radius 1 is 1.26 bits per heavy atom. The SMILES string of the molecule is CCOc1cc([N+](=O)[O-])c(C(=O)Nc2ncc(Cc3cc(Cl)ccc3Cl)s2)cc1OC. The van der Waals surface area contributed by atoms with E-state index in [2.05, 4.69) is 10.3 Å². The molecule has 3 aromatic rings. The van der Waals surface area contributed by atoms with Gasteiger partial charge in [-0.25, -0.2) is 4.98 Å². The summed E-state index contributed by atoms with van der Waals surface area (Å²) in [5.74, 6) is -0.286. The Labute approximate surface area is 191 Å². The Balaban J connectivity index is 1.83. The number of carbonyl (C=O) groups excluding carboxylic acids is 1. The lowest BCUT2D eigenvalue weighted by Gasteiger charge is -2.11. The van der Waals surface area contributed by atoms with Crippen LogP contribution in [-0.4, -0.2) is 29.5 Å². The average Bonchev–Trinajstić information content (AvgIpc) is 3.17. The monoisotopic (exact) mass is 481 g/mol. The van der Waals surface area contributed by atoms with E-state index in [0.29, 0.717) is 21.6 Å². The van der Waals surface area contributed by atoms with Crippen LogP contribution in [0.2, 0.25) is 10.0 Å². The van der Waals surface area contributed by atoms with Gasteiger partial charge in [0.05, 0.1) is 24.7 Å². The first kappa shape index (κ1) is 22.8. The Morgan fingerprint density at radius 2 is 2.03 bits per heavy atom. The molecule has 0 saturated heterocycles. The zero-order valence-electron chi connectivity index (χ0n) is 16.5. The standard InChI is InChI=1S/C20H17Cl2N3O5S/c1-3-30-18-9-16(25(27)28)14(8-17(18)29-2)19(26)24-20-23-10-13(31-20)7-11-6-12(21)4-5-15(11)22/h4-6,8-10H,3,7H2,1-2H3,(H,23,24,26). The van der Waals surface area contributed by atoms with E-state index in [9.17, 15) is 14.9 Å². The average molecular weight is 482 g/mol. The summed E-state index contributed by atoms with van der Waals surface area (Å²) in [4.78, 5) is 28.6. The third-order valence-corrected chi connectivity index (χ3v) is 5.69. The van der Waals surface area contributed by atoms with E-state index in [1.165, 1.54) is 30.6 Å². The highest BCUT2D eigenvalue weighted by Crippen LogP contribution is 2.35. The maximum absolute atomic E-state index is 12.8. The van der Waals surface area contributed by atoms with Crippen molar-refractivity contribution in [3.05, 3.63) is 72.7 Å². The largest absolute Gasteiger partial charge is 0.493 e. The summed E-state index contributed by atoms with van der Waals surface area (Å²) >= 11 is 13.4. The van der Waals surface area contributed by atoms with Crippen molar-refractivity contribution >= 4 is 51.3 Å². The van der Waals surface area contributed by atoms with Crippen LogP contribution >= 0.6 is 34.5 Å². The van der Waals surface area contributed by atoms with Crippen molar-refractivity contribution in [3.8, 4) is 11.5 Å². The van der Waals surface area contributed by atoms with Crippen molar-refractivity contribution in [2.24, 2.45) is 0 Å². The van der Waals surface area contributed by atoms with Crippen molar-refractivity contribution in [2.45, 2.75) is 13.3 Å². The van der Waals surface area contributed by atoms with Gasteiger partial charge >= 0.3 is 0 Å². The Kier molecular flexibility index (Phi) is 7.32. The van der Waals surface area contributed by atoms with E-state index in [4.69, 9.17) is 32.7 Å². The molecule has 1 aromatic heterocycles. The van der Waals surface area contributed by atoms with Gasteiger partial charge in [0.25, 0.3) is 11.6 Å². The number of benzene rings is 2. The summed E-state index contributed by atoms with van der Waals surface area (Å²) in [5, 5.41) is 15.5. The van der Waals surface area contributed by atoms with Crippen LogP contribution in [0.15, 0.2) is 36.5 Å². The number of anilines is 1. The molecule has 3 rings (SSSR count). The van der Waals surface area contributed by atoms with Gasteiger partial charge in [0.2, 0.25) is 0 Å². The van der Waals surface area contributed by atoms with Crippen LogP contribution in [0.5, 0.6) is 11.5 Å². The van der Waals surface area contributed by atoms with E-state index in [1.807, 2.05) is 0 Å². The van der Waals surface area contributed by atoms with E-state index in [-0.39, 0.29) is 23.7 Å². The normalized spacial score (nSPS) is 10.6. The molecule has 0 radical (unpaired) electrons. The first-order chi connectivity index (χ1) is 14.8. The summed E-state index contributed by atoms with van der Waals surface area (Å²) in [6.07, 6.45) is 2.08. The zero-order valence-corrected chi connectivity index (χ0v) is 18.8. The van der Waals surface area contributed by atoms with Crippen LogP contribution < -0.4 is 14.8 Å². The van der Waals surface area contributed by atoms with Gasteiger partial charge in [-0.05, 0) is 30.7 Å². The van der Waals surface area contributed by atoms with Gasteiger partial charge in [0.1, 0.15) is 5.56 Å². The molecule has 0 fully saturated rings. The molecular weight excluding hydrogens is 465 g/mol. The topological polar surface area (TPSA) is 104 Å². The lowest BCUT2D eigenvalue weighted by Crippen LogP contribution is -2.14. The fourth-order valence-electron chi connectivity index (χ4n) is 2.79. The molecule has 8 nitrogen and oxygen atoms in total. The number of methoxy groups -OCH3 is 1. The first-order valence-corrected chi connectivity index (χ1v) is 10.6. The number of rotatable bonds is 8. The molecule has 0 unspecified atom stereocenters. The molecule has 0 saturated carbocycles. The molecule has 0 atom stereocenters. The number of carbonyl (C=O) groups is 1. The third kappa shape index (κ3) is 5.43. The van der Waals surface area contributed by atoms with E-state index in [1.54, 1.807) is 31.3 Å². The van der Waals surface area contributed by atoms with Crippen LogP contribution in [0, 0.1) is 10.1 Å². The molecule has 0 bridgehead atoms. The fourth-order valence-corrected chi connectivity index (χ4v) is 4.00. The van der Waals surface area contributed by atoms with Crippen molar-refractivity contribution in [1.29, 1.82) is 0 Å². The Bertz CT molecular complexity index is 1140. The minimum atomic E-state index is -0.685. The van der Waals surface area contributed by atoms with Gasteiger partial charge in [0, 0.05) is 33.6 Å². The van der Waals surface area contributed by atoms with Crippen molar-refractivity contribution in [3.63, 3.8) is 0 Å². The fraction of sp³-hybridized carbons (Fsp3) is 0.200. The second-order valence-corrected chi connectivity index (χ2v) is 8.17. The number of nitro groups is 1. The number of halogens is 2. The van der Waals surface area contributed by atoms with Gasteiger partial charge in [0.15, 0.2) is 16.6 Å². The molecule has 162 valence electrons. The summed E-state index contributed by atoms with van der Waals surface area (Å²) in [6.45, 7) is 2.03. The minimum absolute atomic E-state index is 0.167. The summed E-state index contributed by atoms with van der Waals surface area (Å²) in [6, 6.07) is 7.62. The summed E-state index contributed by atoms with van der Waals surface area (Å²) < 4.78 is 10.6. The molecule has 11 heteroatoms. The molecule has 2 aromatic carbocycles. The van der Waals surface area contributed by atoms with Gasteiger partial charge < -0.3 is 9.47 Å². The highest BCUT2D eigenvalue weighted by Gasteiger charge is 2.25. The van der Waals surface area contributed by atoms with Crippen LogP contribution in [-0.2, 0) is 6.42 Å². The van der Waals surface area contributed by atoms with Gasteiger partial charge in [-0.2, -0.15) is 0 Å². The predicted octanol–water partition coefficient (Wildman–Crippen LogP) is 5.61. The molecule has 0 aliphatic carbocycles. The number of thiazole rings is 1. The molecule has 0 aliphatic rings. The third-order valence-electron chi connectivity index (χ3n) is 4.17.